The summed E-state index contributed by atoms with van der Waals surface area (Å²) in [6, 6.07) is 61.2. The highest BCUT2D eigenvalue weighted by Gasteiger charge is 2.51. The molecule has 2 heterocycles. The summed E-state index contributed by atoms with van der Waals surface area (Å²) in [6.07, 6.45) is -2.98. The third-order valence-electron chi connectivity index (χ3n) is 11.6. The van der Waals surface area contributed by atoms with E-state index in [4.69, 9.17) is 42.6 Å². The summed E-state index contributed by atoms with van der Waals surface area (Å²) in [5, 5.41) is -0.325. The average molecular weight is 897 g/mol. The van der Waals surface area contributed by atoms with Crippen molar-refractivity contribution in [2.75, 3.05) is 20.3 Å². The van der Waals surface area contributed by atoms with E-state index in [9.17, 15) is 0 Å². The molecule has 0 aliphatic carbocycles. The Kier molecular flexibility index (Phi) is 18.2. The molecule has 9 atom stereocenters. The molecule has 0 spiro atoms. The topological polar surface area (TPSA) is 83.1 Å². The molecule has 2 aliphatic heterocycles. The van der Waals surface area contributed by atoms with Crippen molar-refractivity contribution in [3.05, 3.63) is 215 Å². The predicted octanol–water partition coefficient (Wildman–Crippen LogP) is 10.3. The second kappa shape index (κ2) is 25.3. The van der Waals surface area contributed by atoms with Crippen molar-refractivity contribution in [2.24, 2.45) is 0 Å². The van der Waals surface area contributed by atoms with Crippen LogP contribution in [0.3, 0.4) is 0 Å². The van der Waals surface area contributed by atoms with Crippen LogP contribution in [0, 0.1) is 0 Å². The molecule has 0 saturated carbocycles. The molecule has 8 rings (SSSR count). The molecule has 0 amide bonds. The zero-order valence-corrected chi connectivity index (χ0v) is 37.8. The summed E-state index contributed by atoms with van der Waals surface area (Å²) < 4.78 is 60.6. The zero-order valence-electron chi connectivity index (χ0n) is 37.0. The van der Waals surface area contributed by atoms with Crippen LogP contribution in [0.25, 0.3) is 0 Å². The van der Waals surface area contributed by atoms with Crippen LogP contribution in [-0.4, -0.2) is 73.9 Å². The minimum Gasteiger partial charge on any atom is -0.374 e. The molecular weight excluding hydrogens is 837 g/mol. The number of hydrogen-bond donors (Lipinski definition) is 0. The molecule has 6 aromatic rings. The standard InChI is InChI=1S/C55H60O9S/c1-56-55-53(62-38-46-30-18-7-19-31-46)52(61-37-45-28-16-6-17-29-45)54(49(64-55)40-58-34-42-22-10-3-11-23-42)65-50-32-47(59-35-43-24-12-4-13-25-43)51(60-36-44-26-14-5-15-27-44)48(63-50)39-57-33-41-20-8-2-9-21-41/h2-31,47-55H,32-40H2,1H3/t47-,48?,49?,50+,51?,52?,53?,54?,55?/m1/s1. The van der Waals surface area contributed by atoms with E-state index in [1.807, 2.05) is 109 Å². The molecule has 2 saturated heterocycles. The van der Waals surface area contributed by atoms with Crippen molar-refractivity contribution >= 4 is 11.8 Å². The van der Waals surface area contributed by atoms with Crippen molar-refractivity contribution < 1.29 is 42.6 Å². The predicted molar refractivity (Wildman–Crippen MR) is 253 cm³/mol. The molecule has 6 aromatic carbocycles. The minimum absolute atomic E-state index is 0.288. The Morgan fingerprint density at radius 3 is 1.22 bits per heavy atom. The molecule has 0 radical (unpaired) electrons. The number of rotatable bonds is 23. The van der Waals surface area contributed by atoms with E-state index in [0.717, 1.165) is 33.4 Å². The summed E-state index contributed by atoms with van der Waals surface area (Å²) in [4.78, 5) is 0. The molecule has 0 N–H and O–H groups in total. The van der Waals surface area contributed by atoms with Gasteiger partial charge in [0.1, 0.15) is 29.9 Å². The lowest BCUT2D eigenvalue weighted by molar-refractivity contribution is -0.283. The Bertz CT molecular complexity index is 2190. The van der Waals surface area contributed by atoms with Gasteiger partial charge in [0, 0.05) is 13.5 Å². The lowest BCUT2D eigenvalue weighted by atomic mass is 10.0. The first-order valence-electron chi connectivity index (χ1n) is 22.5. The molecule has 2 aliphatic rings. The molecule has 0 bridgehead atoms. The van der Waals surface area contributed by atoms with Gasteiger partial charge in [0.15, 0.2) is 6.29 Å². The molecule has 10 heteroatoms. The van der Waals surface area contributed by atoms with E-state index in [-0.39, 0.29) is 23.4 Å². The van der Waals surface area contributed by atoms with Crippen LogP contribution >= 0.6 is 11.8 Å². The molecule has 2 fully saturated rings. The molecular formula is C55H60O9S. The highest BCUT2D eigenvalue weighted by molar-refractivity contribution is 8.00. The summed E-state index contributed by atoms with van der Waals surface area (Å²) in [5.41, 5.74) is 6.02. The van der Waals surface area contributed by atoms with Crippen LogP contribution in [0.2, 0.25) is 0 Å². The smallest absolute Gasteiger partial charge is 0.186 e. The number of thioether (sulfide) groups is 1. The van der Waals surface area contributed by atoms with Crippen LogP contribution in [-0.2, 0) is 82.3 Å². The zero-order chi connectivity index (χ0) is 44.3. The van der Waals surface area contributed by atoms with Gasteiger partial charge in [-0.15, -0.1) is 11.8 Å². The van der Waals surface area contributed by atoms with Crippen molar-refractivity contribution in [2.45, 2.75) is 99.7 Å². The fraction of sp³-hybridized carbons (Fsp3) is 0.345. The van der Waals surface area contributed by atoms with Gasteiger partial charge in [-0.2, -0.15) is 0 Å². The van der Waals surface area contributed by atoms with Crippen LogP contribution < -0.4 is 0 Å². The molecule has 0 aromatic heterocycles. The van der Waals surface area contributed by atoms with Crippen molar-refractivity contribution in [3.8, 4) is 0 Å². The van der Waals surface area contributed by atoms with Gasteiger partial charge in [-0.3, -0.25) is 0 Å². The number of methoxy groups -OCH3 is 1. The Labute approximate surface area is 388 Å². The van der Waals surface area contributed by atoms with Crippen LogP contribution in [0.1, 0.15) is 39.8 Å². The van der Waals surface area contributed by atoms with E-state index in [2.05, 4.69) is 72.8 Å². The number of ether oxygens (including phenoxy) is 9. The number of benzene rings is 6. The van der Waals surface area contributed by atoms with Gasteiger partial charge in [0.25, 0.3) is 0 Å². The van der Waals surface area contributed by atoms with E-state index in [1.54, 1.807) is 18.9 Å². The summed E-state index contributed by atoms with van der Waals surface area (Å²) in [7, 11) is 1.65. The van der Waals surface area contributed by atoms with E-state index in [0.29, 0.717) is 52.7 Å². The largest absolute Gasteiger partial charge is 0.374 e. The van der Waals surface area contributed by atoms with Crippen LogP contribution in [0.15, 0.2) is 182 Å². The quantitative estimate of drug-likeness (QED) is 0.0620. The molecule has 9 nitrogen and oxygen atoms in total. The van der Waals surface area contributed by atoms with Gasteiger partial charge in [-0.25, -0.2) is 0 Å². The van der Waals surface area contributed by atoms with Gasteiger partial charge in [0.05, 0.1) is 70.3 Å². The minimum atomic E-state index is -0.731. The molecule has 65 heavy (non-hydrogen) atoms. The first kappa shape index (κ1) is 46.8. The maximum Gasteiger partial charge on any atom is 0.186 e. The maximum absolute atomic E-state index is 7.17. The second-order valence-electron chi connectivity index (χ2n) is 16.3. The maximum atomic E-state index is 7.17. The first-order valence-corrected chi connectivity index (χ1v) is 23.5. The van der Waals surface area contributed by atoms with Gasteiger partial charge in [0.2, 0.25) is 0 Å². The van der Waals surface area contributed by atoms with Crippen molar-refractivity contribution in [1.82, 2.24) is 0 Å². The monoisotopic (exact) mass is 896 g/mol. The third kappa shape index (κ3) is 14.2. The van der Waals surface area contributed by atoms with Crippen molar-refractivity contribution in [3.63, 3.8) is 0 Å². The van der Waals surface area contributed by atoms with E-state index >= 15 is 0 Å². The lowest BCUT2D eigenvalue weighted by Crippen LogP contribution is -2.60. The molecule has 340 valence electrons. The average Bonchev–Trinajstić information content (AvgIpc) is 3.36. The van der Waals surface area contributed by atoms with E-state index < -0.39 is 36.8 Å². The SMILES string of the molecule is COC1OC(COCc2ccccc2)C(S[C@H]2C[C@@H](OCc3ccccc3)C(OCc3ccccc3)C(COCc3ccccc3)O2)C(OCc2ccccc2)C1OCc1ccccc1. The fourth-order valence-electron chi connectivity index (χ4n) is 8.21. The first-order chi connectivity index (χ1) is 32.2. The second-order valence-corrected chi connectivity index (χ2v) is 17.7. The van der Waals surface area contributed by atoms with Crippen molar-refractivity contribution in [1.29, 1.82) is 0 Å². The summed E-state index contributed by atoms with van der Waals surface area (Å²) in [6.45, 7) is 2.98. The van der Waals surface area contributed by atoms with Gasteiger partial charge < -0.3 is 42.6 Å². The Hall–Kier alpha value is -4.69. The Morgan fingerprint density at radius 1 is 0.415 bits per heavy atom. The summed E-state index contributed by atoms with van der Waals surface area (Å²) >= 11 is 1.67. The normalized spacial score (nSPS) is 24.4. The lowest BCUT2D eigenvalue weighted by Gasteiger charge is -2.48. The highest BCUT2D eigenvalue weighted by Crippen LogP contribution is 2.42. The fourth-order valence-corrected chi connectivity index (χ4v) is 9.77. The van der Waals surface area contributed by atoms with Gasteiger partial charge in [-0.05, 0) is 33.4 Å². The Morgan fingerprint density at radius 2 is 0.785 bits per heavy atom. The van der Waals surface area contributed by atoms with Crippen LogP contribution in [0.5, 0.6) is 0 Å². The number of hydrogen-bond acceptors (Lipinski definition) is 10. The van der Waals surface area contributed by atoms with Crippen LogP contribution in [0.4, 0.5) is 0 Å². The Balaban J connectivity index is 1.10. The highest BCUT2D eigenvalue weighted by atomic mass is 32.2. The van der Waals surface area contributed by atoms with Gasteiger partial charge >= 0.3 is 0 Å². The van der Waals surface area contributed by atoms with E-state index in [1.165, 1.54) is 0 Å². The summed E-state index contributed by atoms with van der Waals surface area (Å²) in [5.74, 6) is 0. The molecule has 7 unspecified atom stereocenters. The third-order valence-corrected chi connectivity index (χ3v) is 13.1. The van der Waals surface area contributed by atoms with Gasteiger partial charge in [-0.1, -0.05) is 182 Å².